The Balaban J connectivity index is 3.63. The van der Waals surface area contributed by atoms with Crippen molar-refractivity contribution in [2.45, 2.75) is 53.4 Å². The topological polar surface area (TPSA) is 72.2 Å². The highest BCUT2D eigenvalue weighted by Gasteiger charge is 2.29. The van der Waals surface area contributed by atoms with Gasteiger partial charge in [0.25, 0.3) is 0 Å². The number of nitrogens with one attached hydrogen (secondary N) is 1. The van der Waals surface area contributed by atoms with Gasteiger partial charge < -0.3 is 11.1 Å². The van der Waals surface area contributed by atoms with Crippen molar-refractivity contribution < 1.29 is 9.59 Å². The van der Waals surface area contributed by atoms with E-state index in [0.717, 1.165) is 24.3 Å². The predicted molar refractivity (Wildman–Crippen MR) is 99.1 cm³/mol. The molecule has 0 rings (SSSR count). The van der Waals surface area contributed by atoms with Crippen LogP contribution in [0.2, 0.25) is 0 Å². The van der Waals surface area contributed by atoms with Crippen LogP contribution >= 0.6 is 21.6 Å². The summed E-state index contributed by atoms with van der Waals surface area (Å²) in [5, 5.41) is 2.91. The first-order valence-electron chi connectivity index (χ1n) is 8.06. The summed E-state index contributed by atoms with van der Waals surface area (Å²) >= 11 is 0. The minimum absolute atomic E-state index is 0.0833. The molecule has 0 aromatic heterocycles. The van der Waals surface area contributed by atoms with Crippen LogP contribution < -0.4 is 11.1 Å². The van der Waals surface area contributed by atoms with Crippen molar-refractivity contribution in [1.82, 2.24) is 5.32 Å². The van der Waals surface area contributed by atoms with Crippen molar-refractivity contribution in [3.8, 4) is 0 Å². The zero-order valence-electron chi connectivity index (χ0n) is 14.4. The third-order valence-corrected chi connectivity index (χ3v) is 6.45. The average Bonchev–Trinajstić information content (AvgIpc) is 2.46. The molecule has 22 heavy (non-hydrogen) atoms. The molecular weight excluding hydrogens is 316 g/mol. The number of rotatable bonds is 13. The van der Waals surface area contributed by atoms with E-state index in [-0.39, 0.29) is 11.3 Å². The Morgan fingerprint density at radius 3 is 2.27 bits per heavy atom. The lowest BCUT2D eigenvalue weighted by Crippen LogP contribution is -2.30. The molecule has 0 aromatic carbocycles. The fourth-order valence-corrected chi connectivity index (χ4v) is 3.46. The van der Waals surface area contributed by atoms with Gasteiger partial charge in [-0.15, -0.1) is 0 Å². The van der Waals surface area contributed by atoms with Crippen molar-refractivity contribution in [2.75, 3.05) is 24.6 Å². The Labute approximate surface area is 143 Å². The number of ketones is 1. The number of amides is 1. The van der Waals surface area contributed by atoms with Crippen molar-refractivity contribution in [2.24, 2.45) is 17.1 Å². The second kappa shape index (κ2) is 12.3. The Morgan fingerprint density at radius 2 is 1.68 bits per heavy atom. The highest BCUT2D eigenvalue weighted by molar-refractivity contribution is 8.76. The van der Waals surface area contributed by atoms with Gasteiger partial charge >= 0.3 is 0 Å². The number of unbranched alkanes of at least 4 members (excludes halogenated alkanes) is 1. The van der Waals surface area contributed by atoms with Crippen molar-refractivity contribution in [1.29, 1.82) is 0 Å². The second-order valence-electron chi connectivity index (χ2n) is 6.29. The molecule has 0 aliphatic rings. The van der Waals surface area contributed by atoms with E-state index in [4.69, 9.17) is 5.73 Å². The first kappa shape index (κ1) is 21.8. The highest BCUT2D eigenvalue weighted by atomic mass is 33.1. The van der Waals surface area contributed by atoms with Crippen LogP contribution in [-0.2, 0) is 9.59 Å². The van der Waals surface area contributed by atoms with E-state index in [0.29, 0.717) is 37.6 Å². The summed E-state index contributed by atoms with van der Waals surface area (Å²) in [6, 6.07) is 0. The Bertz CT molecular complexity index is 334. The number of nitrogens with two attached hydrogens (primary N) is 1. The van der Waals surface area contributed by atoms with E-state index in [1.54, 1.807) is 21.6 Å². The zero-order valence-corrected chi connectivity index (χ0v) is 16.1. The molecule has 0 radical (unpaired) electrons. The lowest BCUT2D eigenvalue weighted by molar-refractivity contribution is -0.129. The van der Waals surface area contributed by atoms with Gasteiger partial charge in [-0.2, -0.15) is 0 Å². The lowest BCUT2D eigenvalue weighted by Gasteiger charge is -2.27. The summed E-state index contributed by atoms with van der Waals surface area (Å²) in [5.41, 5.74) is 5.13. The van der Waals surface area contributed by atoms with Crippen LogP contribution in [0.3, 0.4) is 0 Å². The van der Waals surface area contributed by atoms with Gasteiger partial charge in [0.05, 0.1) is 0 Å². The zero-order chi connectivity index (χ0) is 17.0. The third-order valence-electron chi connectivity index (χ3n) is 4.01. The average molecular weight is 349 g/mol. The van der Waals surface area contributed by atoms with Gasteiger partial charge in [-0.1, -0.05) is 49.3 Å². The fraction of sp³-hybridized carbons (Fsp3) is 0.875. The van der Waals surface area contributed by atoms with E-state index >= 15 is 0 Å². The minimum atomic E-state index is -0.263. The standard InChI is InChI=1S/C16H32N2O2S2/c1-13(2)16(3,4)14(19)7-5-6-8-15(20)18-10-12-22-21-11-9-17/h13H,5-12,17H2,1-4H3,(H,18,20). The van der Waals surface area contributed by atoms with Gasteiger partial charge in [-0.05, 0) is 18.8 Å². The van der Waals surface area contributed by atoms with E-state index in [2.05, 4.69) is 19.2 Å². The molecule has 0 atom stereocenters. The molecule has 0 saturated heterocycles. The first-order valence-corrected chi connectivity index (χ1v) is 10.6. The minimum Gasteiger partial charge on any atom is -0.355 e. The van der Waals surface area contributed by atoms with E-state index in [9.17, 15) is 9.59 Å². The monoisotopic (exact) mass is 348 g/mol. The van der Waals surface area contributed by atoms with Crippen LogP contribution in [0.1, 0.15) is 53.4 Å². The maximum Gasteiger partial charge on any atom is 0.220 e. The molecule has 0 spiro atoms. The maximum absolute atomic E-state index is 12.1. The molecule has 0 saturated carbocycles. The van der Waals surface area contributed by atoms with Gasteiger partial charge in [-0.25, -0.2) is 0 Å². The summed E-state index contributed by atoms with van der Waals surface area (Å²) in [5.74, 6) is 2.57. The summed E-state index contributed by atoms with van der Waals surface area (Å²) in [6.07, 6.45) is 2.66. The smallest absolute Gasteiger partial charge is 0.220 e. The normalized spacial score (nSPS) is 11.7. The lowest BCUT2D eigenvalue weighted by atomic mass is 9.76. The molecule has 0 fully saturated rings. The van der Waals surface area contributed by atoms with Crippen molar-refractivity contribution in [3.63, 3.8) is 0 Å². The third kappa shape index (κ3) is 9.74. The van der Waals surface area contributed by atoms with Crippen molar-refractivity contribution in [3.05, 3.63) is 0 Å². The summed E-state index contributed by atoms with van der Waals surface area (Å²) in [7, 11) is 3.47. The fourth-order valence-electron chi connectivity index (χ4n) is 1.70. The van der Waals surface area contributed by atoms with E-state index in [1.165, 1.54) is 0 Å². The van der Waals surface area contributed by atoms with E-state index in [1.807, 2.05) is 13.8 Å². The van der Waals surface area contributed by atoms with Crippen LogP contribution in [0.25, 0.3) is 0 Å². The Hall–Kier alpha value is -0.200. The molecule has 6 heteroatoms. The summed E-state index contributed by atoms with van der Waals surface area (Å²) < 4.78 is 0. The molecule has 0 bridgehead atoms. The molecule has 1 amide bonds. The molecule has 3 N–H and O–H groups in total. The molecule has 0 aromatic rings. The van der Waals surface area contributed by atoms with Crippen LogP contribution in [0.4, 0.5) is 0 Å². The Morgan fingerprint density at radius 1 is 1.09 bits per heavy atom. The number of carbonyl (C=O) groups is 2. The van der Waals surface area contributed by atoms with E-state index < -0.39 is 0 Å². The molecule has 0 aliphatic heterocycles. The van der Waals surface area contributed by atoms with Crippen LogP contribution in [0, 0.1) is 11.3 Å². The summed E-state index contributed by atoms with van der Waals surface area (Å²) in [6.45, 7) is 9.56. The number of Topliss-reactive ketones (excluding diaryl/α,β-unsaturated/α-hetero) is 1. The van der Waals surface area contributed by atoms with Gasteiger partial charge in [0.15, 0.2) is 0 Å². The quantitative estimate of drug-likeness (QED) is 0.395. The molecule has 0 heterocycles. The molecular formula is C16H32N2O2S2. The number of hydrogen-bond acceptors (Lipinski definition) is 5. The number of hydrogen-bond donors (Lipinski definition) is 2. The maximum atomic E-state index is 12.1. The SMILES string of the molecule is CC(C)C(C)(C)C(=O)CCCCC(=O)NCCSSCCN. The van der Waals surface area contributed by atoms with Crippen molar-refractivity contribution >= 4 is 33.3 Å². The molecule has 0 unspecified atom stereocenters. The predicted octanol–water partition coefficient (Wildman–Crippen LogP) is 3.25. The largest absolute Gasteiger partial charge is 0.355 e. The van der Waals surface area contributed by atoms with Gasteiger partial charge in [0.1, 0.15) is 5.78 Å². The number of carbonyl (C=O) groups excluding carboxylic acids is 2. The van der Waals surface area contributed by atoms with Crippen LogP contribution in [-0.4, -0.2) is 36.3 Å². The van der Waals surface area contributed by atoms with Crippen LogP contribution in [0.5, 0.6) is 0 Å². The van der Waals surface area contributed by atoms with Gasteiger partial charge in [0.2, 0.25) is 5.91 Å². The molecule has 4 nitrogen and oxygen atoms in total. The molecule has 130 valence electrons. The first-order chi connectivity index (χ1) is 10.3. The van der Waals surface area contributed by atoms with Gasteiger partial charge in [0, 0.05) is 42.9 Å². The van der Waals surface area contributed by atoms with Crippen LogP contribution in [0.15, 0.2) is 0 Å². The molecule has 0 aliphatic carbocycles. The van der Waals surface area contributed by atoms with Gasteiger partial charge in [-0.3, -0.25) is 9.59 Å². The summed E-state index contributed by atoms with van der Waals surface area (Å²) in [4.78, 5) is 23.8. The Kier molecular flexibility index (Phi) is 12.1. The highest BCUT2D eigenvalue weighted by Crippen LogP contribution is 2.29. The second-order valence-corrected chi connectivity index (χ2v) is 8.99.